The molecule has 3 aliphatic carbocycles. The predicted molar refractivity (Wildman–Crippen MR) is 99.4 cm³/mol. The summed E-state index contributed by atoms with van der Waals surface area (Å²) in [5.74, 6) is -0.650. The van der Waals surface area contributed by atoms with Crippen molar-refractivity contribution < 1.29 is 14.4 Å². The third-order valence-corrected chi connectivity index (χ3v) is 7.18. The molecule has 1 aromatic rings. The zero-order valence-corrected chi connectivity index (χ0v) is 15.3. The molecule has 1 aromatic carbocycles. The van der Waals surface area contributed by atoms with Gasteiger partial charge in [0.25, 0.3) is 0 Å². The van der Waals surface area contributed by atoms with Crippen LogP contribution in [0.4, 0.5) is 0 Å². The predicted octanol–water partition coefficient (Wildman–Crippen LogP) is 2.03. The normalized spacial score (nSPS) is 32.5. The smallest absolute Gasteiger partial charge is 0.240 e. The Bertz CT molecular complexity index is 797. The highest BCUT2D eigenvalue weighted by molar-refractivity contribution is 6.08. The molecule has 1 saturated heterocycles. The topological polar surface area (TPSA) is 66.5 Å². The van der Waals surface area contributed by atoms with E-state index in [1.165, 1.54) is 10.5 Å². The molecule has 2 bridgehead atoms. The number of carbonyl (C=O) groups is 3. The van der Waals surface area contributed by atoms with Crippen molar-refractivity contribution >= 4 is 17.7 Å². The molecule has 2 saturated carbocycles. The Kier molecular flexibility index (Phi) is 3.74. The molecule has 5 heteroatoms. The second kappa shape index (κ2) is 6.04. The highest BCUT2D eigenvalue weighted by Gasteiger charge is 2.59. The summed E-state index contributed by atoms with van der Waals surface area (Å²) in [5.41, 5.74) is 1.25. The molecule has 1 aliphatic heterocycles. The summed E-state index contributed by atoms with van der Waals surface area (Å²) in [7, 11) is 0. The Morgan fingerprint density at radius 1 is 1.04 bits per heavy atom. The quantitative estimate of drug-likeness (QED) is 0.642. The third-order valence-electron chi connectivity index (χ3n) is 7.18. The Morgan fingerprint density at radius 2 is 1.67 bits per heavy atom. The van der Waals surface area contributed by atoms with Crippen molar-refractivity contribution in [1.82, 2.24) is 10.2 Å². The molecule has 3 fully saturated rings. The maximum atomic E-state index is 12.7. The number of nitrogens with one attached hydrogen (secondary N) is 1. The van der Waals surface area contributed by atoms with Crippen LogP contribution >= 0.6 is 0 Å². The van der Waals surface area contributed by atoms with Crippen LogP contribution in [0.3, 0.4) is 0 Å². The fourth-order valence-corrected chi connectivity index (χ4v) is 5.55. The SMILES string of the molecule is O=C(CN1C(=O)[C@@H]2[C@H](C1=O)[C@H]1C=C[C@H]2C1)NCC1(c2ccccc2)CCC1. The number of carbonyl (C=O) groups excluding carboxylic acids is 3. The van der Waals surface area contributed by atoms with Gasteiger partial charge in [-0.1, -0.05) is 48.9 Å². The number of amides is 3. The number of likely N-dealkylation sites (tertiary alicyclic amines) is 1. The second-order valence-electron chi connectivity index (χ2n) is 8.54. The molecule has 0 spiro atoms. The molecule has 5 rings (SSSR count). The average Bonchev–Trinajstić information content (AvgIpc) is 3.32. The standard InChI is InChI=1S/C22H24N2O3/c25-17(23-13-22(9-4-10-22)16-5-2-1-3-6-16)12-24-20(26)18-14-7-8-15(11-14)19(18)21(24)27/h1-3,5-8,14-15,18-19H,4,9-13H2,(H,23,25)/t14-,15-,18-,19+/m0/s1. The molecule has 1 N–H and O–H groups in total. The van der Waals surface area contributed by atoms with Crippen LogP contribution in [0, 0.1) is 23.7 Å². The molecule has 0 unspecified atom stereocenters. The van der Waals surface area contributed by atoms with Gasteiger partial charge in [-0.2, -0.15) is 0 Å². The number of hydrogen-bond acceptors (Lipinski definition) is 3. The van der Waals surface area contributed by atoms with Crippen molar-refractivity contribution in [1.29, 1.82) is 0 Å². The fraction of sp³-hybridized carbons (Fsp3) is 0.500. The van der Waals surface area contributed by atoms with Crippen molar-refractivity contribution in [2.45, 2.75) is 31.1 Å². The van der Waals surface area contributed by atoms with E-state index in [4.69, 9.17) is 0 Å². The van der Waals surface area contributed by atoms with E-state index >= 15 is 0 Å². The third kappa shape index (κ3) is 2.47. The lowest BCUT2D eigenvalue weighted by atomic mass is 9.64. The Balaban J connectivity index is 1.23. The first-order chi connectivity index (χ1) is 13.1. The highest BCUT2D eigenvalue weighted by atomic mass is 16.2. The molecule has 0 radical (unpaired) electrons. The first kappa shape index (κ1) is 16.7. The average molecular weight is 364 g/mol. The molecule has 140 valence electrons. The summed E-state index contributed by atoms with van der Waals surface area (Å²) < 4.78 is 0. The molecule has 3 amide bonds. The number of imide groups is 1. The van der Waals surface area contributed by atoms with Gasteiger partial charge in [-0.3, -0.25) is 19.3 Å². The van der Waals surface area contributed by atoms with Gasteiger partial charge >= 0.3 is 0 Å². The minimum Gasteiger partial charge on any atom is -0.354 e. The van der Waals surface area contributed by atoms with E-state index in [2.05, 4.69) is 29.6 Å². The van der Waals surface area contributed by atoms with Gasteiger partial charge in [0, 0.05) is 12.0 Å². The van der Waals surface area contributed by atoms with Gasteiger partial charge in [-0.05, 0) is 36.7 Å². The lowest BCUT2D eigenvalue weighted by molar-refractivity contribution is -0.144. The minimum atomic E-state index is -0.237. The van der Waals surface area contributed by atoms with Crippen molar-refractivity contribution in [3.05, 3.63) is 48.0 Å². The van der Waals surface area contributed by atoms with Crippen molar-refractivity contribution in [3.63, 3.8) is 0 Å². The monoisotopic (exact) mass is 364 g/mol. The number of rotatable bonds is 5. The van der Waals surface area contributed by atoms with Gasteiger partial charge < -0.3 is 5.32 Å². The molecule has 4 aliphatic rings. The number of nitrogens with zero attached hydrogens (tertiary/aromatic N) is 1. The number of allylic oxidation sites excluding steroid dienone is 2. The second-order valence-corrected chi connectivity index (χ2v) is 8.54. The van der Waals surface area contributed by atoms with Crippen LogP contribution in [0.5, 0.6) is 0 Å². The number of hydrogen-bond donors (Lipinski definition) is 1. The summed E-state index contributed by atoms with van der Waals surface area (Å²) in [4.78, 5) is 39.1. The summed E-state index contributed by atoms with van der Waals surface area (Å²) >= 11 is 0. The fourth-order valence-electron chi connectivity index (χ4n) is 5.55. The van der Waals surface area contributed by atoms with E-state index in [0.29, 0.717) is 6.54 Å². The Labute approximate surface area is 158 Å². The van der Waals surface area contributed by atoms with Crippen LogP contribution < -0.4 is 5.32 Å². The summed E-state index contributed by atoms with van der Waals surface area (Å²) in [5, 5.41) is 2.99. The van der Waals surface area contributed by atoms with Gasteiger partial charge in [-0.25, -0.2) is 0 Å². The zero-order chi connectivity index (χ0) is 18.6. The van der Waals surface area contributed by atoms with Gasteiger partial charge in [0.1, 0.15) is 6.54 Å². The summed E-state index contributed by atoms with van der Waals surface area (Å²) in [6.45, 7) is 0.417. The largest absolute Gasteiger partial charge is 0.354 e. The van der Waals surface area contributed by atoms with E-state index < -0.39 is 0 Å². The lowest BCUT2D eigenvalue weighted by Crippen LogP contribution is -2.48. The first-order valence-electron chi connectivity index (χ1n) is 9.95. The van der Waals surface area contributed by atoms with E-state index in [9.17, 15) is 14.4 Å². The number of fused-ring (bicyclic) bond motifs is 5. The molecule has 27 heavy (non-hydrogen) atoms. The maximum Gasteiger partial charge on any atom is 0.240 e. The number of benzene rings is 1. The molecular weight excluding hydrogens is 340 g/mol. The Morgan fingerprint density at radius 3 is 2.22 bits per heavy atom. The van der Waals surface area contributed by atoms with Crippen molar-refractivity contribution in [2.24, 2.45) is 23.7 Å². The maximum absolute atomic E-state index is 12.7. The van der Waals surface area contributed by atoms with E-state index in [0.717, 1.165) is 25.7 Å². The lowest BCUT2D eigenvalue weighted by Gasteiger charge is -2.42. The molecule has 5 nitrogen and oxygen atoms in total. The molecule has 4 atom stereocenters. The van der Waals surface area contributed by atoms with Crippen LogP contribution in [0.2, 0.25) is 0 Å². The molecular formula is C22H24N2O3. The van der Waals surface area contributed by atoms with Gasteiger partial charge in [0.05, 0.1) is 11.8 Å². The summed E-state index contributed by atoms with van der Waals surface area (Å²) in [6.07, 6.45) is 8.32. The van der Waals surface area contributed by atoms with Crippen molar-refractivity contribution in [2.75, 3.05) is 13.1 Å². The molecule has 1 heterocycles. The van der Waals surface area contributed by atoms with Crippen LogP contribution in [0.25, 0.3) is 0 Å². The molecule has 0 aromatic heterocycles. The zero-order valence-electron chi connectivity index (χ0n) is 15.3. The van der Waals surface area contributed by atoms with Crippen LogP contribution in [-0.4, -0.2) is 35.7 Å². The Hall–Kier alpha value is -2.43. The van der Waals surface area contributed by atoms with E-state index in [-0.39, 0.29) is 53.4 Å². The van der Waals surface area contributed by atoms with E-state index in [1.807, 2.05) is 18.2 Å². The highest BCUT2D eigenvalue weighted by Crippen LogP contribution is 2.52. The van der Waals surface area contributed by atoms with Crippen molar-refractivity contribution in [3.8, 4) is 0 Å². The van der Waals surface area contributed by atoms with Crippen LogP contribution in [0.15, 0.2) is 42.5 Å². The van der Waals surface area contributed by atoms with Gasteiger partial charge in [0.15, 0.2) is 0 Å². The van der Waals surface area contributed by atoms with Crippen LogP contribution in [-0.2, 0) is 19.8 Å². The minimum absolute atomic E-state index is 0.00448. The first-order valence-corrected chi connectivity index (χ1v) is 9.95. The van der Waals surface area contributed by atoms with E-state index in [1.54, 1.807) is 0 Å². The summed E-state index contributed by atoms with van der Waals surface area (Å²) in [6, 6.07) is 10.3. The van der Waals surface area contributed by atoms with Gasteiger partial charge in [0.2, 0.25) is 17.7 Å². The van der Waals surface area contributed by atoms with Gasteiger partial charge in [-0.15, -0.1) is 0 Å². The van der Waals surface area contributed by atoms with Crippen LogP contribution in [0.1, 0.15) is 31.2 Å².